The molecule has 0 saturated carbocycles. The zero-order valence-corrected chi connectivity index (χ0v) is 29.9. The Kier molecular flexibility index (Phi) is 7.99. The highest BCUT2D eigenvalue weighted by atomic mass is 31.2. The highest BCUT2D eigenvalue weighted by Gasteiger charge is 2.39. The Morgan fingerprint density at radius 2 is 1.00 bits per heavy atom. The largest absolute Gasteiger partial charge is 0.508 e. The molecule has 0 fully saturated rings. The van der Waals surface area contributed by atoms with Crippen LogP contribution in [-0.2, 0) is 33.5 Å². The summed E-state index contributed by atoms with van der Waals surface area (Å²) in [7, 11) is -7.08. The summed E-state index contributed by atoms with van der Waals surface area (Å²) < 4.78 is 42.0. The highest BCUT2D eigenvalue weighted by molar-refractivity contribution is 7.67. The second-order valence-corrected chi connectivity index (χ2v) is 18.3. The topological polar surface area (TPSA) is 113 Å². The maximum atomic E-state index is 14.8. The molecule has 0 aromatic heterocycles. The average molecular weight is 715 g/mol. The summed E-state index contributed by atoms with van der Waals surface area (Å²) in [6.07, 6.45) is -0.123. The van der Waals surface area contributed by atoms with Crippen LogP contribution in [-0.4, -0.2) is 15.3 Å². The van der Waals surface area contributed by atoms with Crippen LogP contribution in [0.25, 0.3) is 22.3 Å². The van der Waals surface area contributed by atoms with E-state index in [-0.39, 0.29) is 23.8 Å². The van der Waals surface area contributed by atoms with E-state index in [1.54, 1.807) is 24.3 Å². The lowest BCUT2D eigenvalue weighted by Crippen LogP contribution is -2.22. The van der Waals surface area contributed by atoms with Gasteiger partial charge in [-0.15, -0.1) is 0 Å². The van der Waals surface area contributed by atoms with Crippen molar-refractivity contribution < 1.29 is 33.5 Å². The molecule has 0 spiro atoms. The molecular weight excluding hydrogens is 678 g/mol. The maximum absolute atomic E-state index is 14.8. The Balaban J connectivity index is 1.17. The molecule has 2 atom stereocenters. The van der Waals surface area contributed by atoms with Gasteiger partial charge in [-0.2, -0.15) is 0 Å². The van der Waals surface area contributed by atoms with Gasteiger partial charge in [0, 0.05) is 33.2 Å². The molecule has 256 valence electrons. The van der Waals surface area contributed by atoms with Gasteiger partial charge in [0.2, 0.25) is 0 Å². The van der Waals surface area contributed by atoms with Crippen molar-refractivity contribution in [1.29, 1.82) is 0 Å². The molecule has 3 N–H and O–H groups in total. The van der Waals surface area contributed by atoms with Gasteiger partial charge in [0.1, 0.15) is 23.0 Å². The second-order valence-electron chi connectivity index (χ2n) is 13.6. The lowest BCUT2D eigenvalue weighted by molar-refractivity contribution is 0.275. The normalized spacial score (nSPS) is 18.7. The number of aliphatic hydroxyl groups excluding tert-OH is 1. The third kappa shape index (κ3) is 5.57. The van der Waals surface area contributed by atoms with E-state index in [0.29, 0.717) is 38.8 Å². The van der Waals surface area contributed by atoms with Crippen LogP contribution in [0.5, 0.6) is 23.0 Å². The summed E-state index contributed by atoms with van der Waals surface area (Å²) in [6.45, 7) is 3.56. The van der Waals surface area contributed by atoms with Crippen LogP contribution in [0.4, 0.5) is 0 Å². The zero-order valence-electron chi connectivity index (χ0n) is 28.1. The first-order valence-electron chi connectivity index (χ1n) is 16.7. The molecule has 2 heterocycles. The third-order valence-electron chi connectivity index (χ3n) is 10.1. The number of rotatable bonds is 7. The van der Waals surface area contributed by atoms with Gasteiger partial charge in [0.25, 0.3) is 14.7 Å². The molecule has 2 unspecified atom stereocenters. The fourth-order valence-electron chi connectivity index (χ4n) is 7.26. The molecule has 2 aliphatic heterocycles. The van der Waals surface area contributed by atoms with E-state index in [9.17, 15) is 24.4 Å². The molecule has 0 amide bonds. The first kappa shape index (κ1) is 33.1. The van der Waals surface area contributed by atoms with E-state index in [1.165, 1.54) is 0 Å². The Morgan fingerprint density at radius 1 is 0.549 bits per heavy atom. The lowest BCUT2D eigenvalue weighted by atomic mass is 9.76. The van der Waals surface area contributed by atoms with Gasteiger partial charge in [-0.3, -0.25) is 9.13 Å². The molecule has 7 nitrogen and oxygen atoms in total. The van der Waals surface area contributed by atoms with E-state index in [0.717, 1.165) is 33.4 Å². The Morgan fingerprint density at radius 3 is 1.55 bits per heavy atom. The Labute approximate surface area is 296 Å². The second kappa shape index (κ2) is 12.3. The van der Waals surface area contributed by atoms with Crippen molar-refractivity contribution in [2.24, 2.45) is 0 Å². The smallest absolute Gasteiger partial charge is 0.282 e. The molecule has 2 aliphatic rings. The predicted molar refractivity (Wildman–Crippen MR) is 201 cm³/mol. The summed E-state index contributed by atoms with van der Waals surface area (Å²) in [5.74, 6) is 0.918. The molecule has 0 saturated heterocycles. The van der Waals surface area contributed by atoms with Gasteiger partial charge in [-0.25, -0.2) is 0 Å². The molecule has 6 aromatic carbocycles. The molecule has 51 heavy (non-hydrogen) atoms. The van der Waals surface area contributed by atoms with E-state index in [2.05, 4.69) is 0 Å². The maximum Gasteiger partial charge on any atom is 0.282 e. The molecule has 0 aliphatic carbocycles. The molecule has 6 aromatic rings. The summed E-state index contributed by atoms with van der Waals surface area (Å²) in [4.78, 5) is 0. The van der Waals surface area contributed by atoms with E-state index in [1.807, 2.05) is 117 Å². The van der Waals surface area contributed by atoms with Gasteiger partial charge >= 0.3 is 0 Å². The van der Waals surface area contributed by atoms with Crippen LogP contribution in [0.1, 0.15) is 41.7 Å². The number of phenols is 2. The molecule has 0 radical (unpaired) electrons. The first-order chi connectivity index (χ1) is 24.5. The van der Waals surface area contributed by atoms with E-state index in [4.69, 9.17) is 9.05 Å². The van der Waals surface area contributed by atoms with Crippen molar-refractivity contribution in [2.75, 3.05) is 0 Å². The molecule has 0 bridgehead atoms. The van der Waals surface area contributed by atoms with E-state index < -0.39 is 26.8 Å². The van der Waals surface area contributed by atoms with Crippen LogP contribution in [0.2, 0.25) is 0 Å². The van der Waals surface area contributed by atoms with Crippen LogP contribution < -0.4 is 19.7 Å². The van der Waals surface area contributed by atoms with E-state index >= 15 is 0 Å². The van der Waals surface area contributed by atoms with Crippen molar-refractivity contribution in [3.05, 3.63) is 155 Å². The summed E-state index contributed by atoms with van der Waals surface area (Å²) in [6, 6.07) is 38.8. The fraction of sp³-hybridized carbons (Fsp3) is 0.143. The van der Waals surface area contributed by atoms with Gasteiger partial charge in [-0.05, 0) is 58.7 Å². The monoisotopic (exact) mass is 714 g/mol. The molecule has 8 rings (SSSR count). The number of fused-ring (bicyclic) bond motifs is 6. The number of benzene rings is 6. The Hall–Kier alpha value is -5.06. The van der Waals surface area contributed by atoms with Crippen molar-refractivity contribution in [2.45, 2.75) is 38.2 Å². The van der Waals surface area contributed by atoms with Crippen LogP contribution in [0.3, 0.4) is 0 Å². The predicted octanol–water partition coefficient (Wildman–Crippen LogP) is 9.24. The van der Waals surface area contributed by atoms with Crippen LogP contribution in [0.15, 0.2) is 127 Å². The van der Waals surface area contributed by atoms with Crippen molar-refractivity contribution >= 4 is 25.3 Å². The number of phenolic OH excluding ortho intramolecular Hbond substituents is 1. The fourth-order valence-corrected chi connectivity index (χ4v) is 12.0. The van der Waals surface area contributed by atoms with Gasteiger partial charge in [0.15, 0.2) is 0 Å². The van der Waals surface area contributed by atoms with Crippen LogP contribution in [0, 0.1) is 0 Å². The summed E-state index contributed by atoms with van der Waals surface area (Å²) in [5, 5.41) is 34.0. The standard InChI is InChI=1S/C42H36O7P2/c1-42(2,30-19-20-36(44)28(22-30)25-50(46)39-17-9-5-13-34(39)32-11-3-7-15-37(32)48-50)31-21-27(24-43)41(45)29(23-31)26-51(47)40-18-10-6-14-35(40)33-12-4-8-16-38(33)49-51/h3-23,43-45H,24-26H2,1-2H3. The van der Waals surface area contributed by atoms with Gasteiger partial charge in [-0.1, -0.05) is 105 Å². The first-order valence-corrected chi connectivity index (χ1v) is 20.4. The minimum atomic E-state index is -3.57. The number of aromatic hydroxyl groups is 2. The molecule has 9 heteroatoms. The SMILES string of the molecule is CC(C)(c1ccc(O)c(CP2(=O)Oc3ccccc3-c3ccccc32)c1)c1cc(CO)c(O)c(CP2(=O)Oc3ccccc3-c3ccccc32)c1. The summed E-state index contributed by atoms with van der Waals surface area (Å²) >= 11 is 0. The number of aliphatic hydroxyl groups is 1. The van der Waals surface area contributed by atoms with Crippen molar-refractivity contribution in [1.82, 2.24) is 0 Å². The quantitative estimate of drug-likeness (QED) is 0.141. The highest BCUT2D eigenvalue weighted by Crippen LogP contribution is 2.59. The summed E-state index contributed by atoms with van der Waals surface area (Å²) in [5.41, 5.74) is 5.34. The zero-order chi connectivity index (χ0) is 35.5. The minimum Gasteiger partial charge on any atom is -0.508 e. The number of hydrogen-bond donors (Lipinski definition) is 3. The van der Waals surface area contributed by atoms with Crippen molar-refractivity contribution in [3.8, 4) is 45.3 Å². The number of hydrogen-bond acceptors (Lipinski definition) is 7. The Bertz CT molecular complexity index is 2450. The van der Waals surface area contributed by atoms with Gasteiger partial charge in [0.05, 0.1) is 29.5 Å². The van der Waals surface area contributed by atoms with Crippen LogP contribution >= 0.6 is 14.7 Å². The lowest BCUT2D eigenvalue weighted by Gasteiger charge is -2.31. The molecular formula is C42H36O7P2. The number of para-hydroxylation sites is 2. The van der Waals surface area contributed by atoms with Gasteiger partial charge < -0.3 is 24.4 Å². The van der Waals surface area contributed by atoms with Crippen molar-refractivity contribution in [3.63, 3.8) is 0 Å². The third-order valence-corrected chi connectivity index (χ3v) is 14.9. The average Bonchev–Trinajstić information content (AvgIpc) is 3.13. The minimum absolute atomic E-state index is 0.00125.